The minimum absolute atomic E-state index is 0.217. The van der Waals surface area contributed by atoms with Gasteiger partial charge in [-0.1, -0.05) is 26.3 Å². The molecule has 1 rings (SSSR count). The molecule has 0 aliphatic heterocycles. The van der Waals surface area contributed by atoms with Crippen molar-refractivity contribution in [1.82, 2.24) is 0 Å². The Morgan fingerprint density at radius 3 is 2.67 bits per heavy atom. The summed E-state index contributed by atoms with van der Waals surface area (Å²) in [6.07, 6.45) is 7.90. The van der Waals surface area contributed by atoms with Crippen LogP contribution in [0.15, 0.2) is 11.6 Å². The minimum atomic E-state index is -0.312. The Hall–Kier alpha value is -0.340. The maximum absolute atomic E-state index is 10.3. The van der Waals surface area contributed by atoms with Gasteiger partial charge in [0, 0.05) is 5.92 Å². The highest BCUT2D eigenvalue weighted by Crippen LogP contribution is 2.26. The zero-order valence-electron chi connectivity index (χ0n) is 10.1. The molecule has 0 radical (unpaired) electrons. The van der Waals surface area contributed by atoms with Crippen LogP contribution in [0.4, 0.5) is 0 Å². The van der Waals surface area contributed by atoms with Gasteiger partial charge in [0.1, 0.15) is 0 Å². The molecule has 0 aromatic heterocycles. The minimum Gasteiger partial charge on any atom is -0.388 e. The molecule has 0 aromatic carbocycles. The van der Waals surface area contributed by atoms with Crippen LogP contribution in [0.1, 0.15) is 46.0 Å². The molecule has 0 bridgehead atoms. The van der Waals surface area contributed by atoms with E-state index in [1.54, 1.807) is 0 Å². The van der Waals surface area contributed by atoms with Crippen molar-refractivity contribution < 1.29 is 5.11 Å². The van der Waals surface area contributed by atoms with E-state index in [2.05, 4.69) is 19.9 Å². The number of hydrogen-bond donors (Lipinski definition) is 2. The lowest BCUT2D eigenvalue weighted by Crippen LogP contribution is -2.33. The molecule has 2 atom stereocenters. The van der Waals surface area contributed by atoms with E-state index in [1.165, 1.54) is 24.8 Å². The van der Waals surface area contributed by atoms with Crippen LogP contribution in [0, 0.1) is 11.8 Å². The Labute approximate surface area is 93.6 Å². The molecule has 2 nitrogen and oxygen atoms in total. The van der Waals surface area contributed by atoms with Gasteiger partial charge < -0.3 is 10.8 Å². The molecule has 2 heteroatoms. The van der Waals surface area contributed by atoms with E-state index in [9.17, 15) is 5.11 Å². The molecule has 1 aliphatic carbocycles. The summed E-state index contributed by atoms with van der Waals surface area (Å²) in [7, 11) is 0. The maximum atomic E-state index is 10.3. The Morgan fingerprint density at radius 1 is 1.33 bits per heavy atom. The highest BCUT2D eigenvalue weighted by molar-refractivity contribution is 5.11. The van der Waals surface area contributed by atoms with Crippen molar-refractivity contribution in [3.8, 4) is 0 Å². The third-order valence-electron chi connectivity index (χ3n) is 3.49. The number of allylic oxidation sites excluding steroid dienone is 1. The Bertz CT molecular complexity index is 211. The number of aliphatic hydroxyl groups is 1. The zero-order chi connectivity index (χ0) is 11.3. The van der Waals surface area contributed by atoms with E-state index in [1.807, 2.05) is 0 Å². The van der Waals surface area contributed by atoms with E-state index < -0.39 is 0 Å². The summed E-state index contributed by atoms with van der Waals surface area (Å²) in [6.45, 7) is 4.85. The average molecular weight is 211 g/mol. The molecule has 2 unspecified atom stereocenters. The molecule has 0 amide bonds. The van der Waals surface area contributed by atoms with Gasteiger partial charge in [-0.05, 0) is 43.7 Å². The molecule has 1 aliphatic rings. The van der Waals surface area contributed by atoms with Gasteiger partial charge in [-0.25, -0.2) is 0 Å². The fourth-order valence-corrected chi connectivity index (χ4v) is 2.35. The first kappa shape index (κ1) is 12.7. The first-order chi connectivity index (χ1) is 7.16. The molecule has 3 N–H and O–H groups in total. The highest BCUT2D eigenvalue weighted by atomic mass is 16.3. The summed E-state index contributed by atoms with van der Waals surface area (Å²) in [4.78, 5) is 0. The van der Waals surface area contributed by atoms with Gasteiger partial charge in [0.2, 0.25) is 0 Å². The smallest absolute Gasteiger partial charge is 0.0792 e. The lowest BCUT2D eigenvalue weighted by atomic mass is 9.85. The third kappa shape index (κ3) is 3.62. The molecule has 88 valence electrons. The molecular weight excluding hydrogens is 186 g/mol. The number of rotatable bonds is 4. The maximum Gasteiger partial charge on any atom is 0.0792 e. The largest absolute Gasteiger partial charge is 0.388 e. The van der Waals surface area contributed by atoms with E-state index >= 15 is 0 Å². The van der Waals surface area contributed by atoms with Crippen molar-refractivity contribution in [2.75, 3.05) is 6.54 Å². The van der Waals surface area contributed by atoms with Gasteiger partial charge >= 0.3 is 0 Å². The predicted molar refractivity (Wildman–Crippen MR) is 64.6 cm³/mol. The van der Waals surface area contributed by atoms with Crippen LogP contribution in [-0.4, -0.2) is 17.8 Å². The van der Waals surface area contributed by atoms with Gasteiger partial charge in [0.05, 0.1) is 6.10 Å². The van der Waals surface area contributed by atoms with E-state index in [0.717, 1.165) is 12.8 Å². The fourth-order valence-electron chi connectivity index (χ4n) is 2.35. The second-order valence-electron chi connectivity index (χ2n) is 4.97. The predicted octanol–water partition coefficient (Wildman–Crippen LogP) is 2.47. The normalized spacial score (nSPS) is 22.1. The molecule has 0 fully saturated rings. The van der Waals surface area contributed by atoms with Crippen LogP contribution in [-0.2, 0) is 0 Å². The lowest BCUT2D eigenvalue weighted by molar-refractivity contribution is 0.114. The SMILES string of the molecule is CC(C)C(CN)C(O)C1=CCCCCC1. The van der Waals surface area contributed by atoms with Crippen LogP contribution in [0.3, 0.4) is 0 Å². The van der Waals surface area contributed by atoms with Crippen LogP contribution in [0.25, 0.3) is 0 Å². The first-order valence-corrected chi connectivity index (χ1v) is 6.24. The van der Waals surface area contributed by atoms with Crippen LogP contribution in [0.2, 0.25) is 0 Å². The molecule has 0 saturated heterocycles. The Morgan fingerprint density at radius 2 is 2.07 bits per heavy atom. The average Bonchev–Trinajstić information content (AvgIpc) is 2.45. The van der Waals surface area contributed by atoms with Crippen molar-refractivity contribution in [2.24, 2.45) is 17.6 Å². The monoisotopic (exact) mass is 211 g/mol. The summed E-state index contributed by atoms with van der Waals surface area (Å²) in [5, 5.41) is 10.3. The molecule has 0 spiro atoms. The summed E-state index contributed by atoms with van der Waals surface area (Å²) in [5.41, 5.74) is 6.97. The molecule has 0 heterocycles. The van der Waals surface area contributed by atoms with Gasteiger partial charge in [0.25, 0.3) is 0 Å². The van der Waals surface area contributed by atoms with Crippen LogP contribution in [0.5, 0.6) is 0 Å². The summed E-state index contributed by atoms with van der Waals surface area (Å²) in [5.74, 6) is 0.670. The lowest BCUT2D eigenvalue weighted by Gasteiger charge is -2.27. The summed E-state index contributed by atoms with van der Waals surface area (Å²) in [6, 6.07) is 0. The Balaban J connectivity index is 2.63. The van der Waals surface area contributed by atoms with E-state index in [0.29, 0.717) is 12.5 Å². The summed E-state index contributed by atoms with van der Waals surface area (Å²) < 4.78 is 0. The van der Waals surface area contributed by atoms with Gasteiger partial charge in [-0.15, -0.1) is 0 Å². The van der Waals surface area contributed by atoms with Gasteiger partial charge in [-0.2, -0.15) is 0 Å². The quantitative estimate of drug-likeness (QED) is 0.702. The van der Waals surface area contributed by atoms with Crippen molar-refractivity contribution in [1.29, 1.82) is 0 Å². The topological polar surface area (TPSA) is 46.2 Å². The third-order valence-corrected chi connectivity index (χ3v) is 3.49. The second kappa shape index (κ2) is 6.29. The number of hydrogen-bond acceptors (Lipinski definition) is 2. The number of aliphatic hydroxyl groups excluding tert-OH is 1. The zero-order valence-corrected chi connectivity index (χ0v) is 10.1. The highest BCUT2D eigenvalue weighted by Gasteiger charge is 2.24. The molecule has 0 aromatic rings. The fraction of sp³-hybridized carbons (Fsp3) is 0.846. The second-order valence-corrected chi connectivity index (χ2v) is 4.97. The van der Waals surface area contributed by atoms with Crippen molar-refractivity contribution >= 4 is 0 Å². The Kier molecular flexibility index (Phi) is 5.34. The van der Waals surface area contributed by atoms with Gasteiger partial charge in [-0.3, -0.25) is 0 Å². The molecule has 0 saturated carbocycles. The van der Waals surface area contributed by atoms with Crippen molar-refractivity contribution in [2.45, 2.75) is 52.1 Å². The number of nitrogens with two attached hydrogens (primary N) is 1. The summed E-state index contributed by atoms with van der Waals surface area (Å²) >= 11 is 0. The van der Waals surface area contributed by atoms with E-state index in [-0.39, 0.29) is 12.0 Å². The van der Waals surface area contributed by atoms with E-state index in [4.69, 9.17) is 5.73 Å². The van der Waals surface area contributed by atoms with Crippen molar-refractivity contribution in [3.05, 3.63) is 11.6 Å². The molecule has 15 heavy (non-hydrogen) atoms. The van der Waals surface area contributed by atoms with Crippen LogP contribution < -0.4 is 5.73 Å². The van der Waals surface area contributed by atoms with Crippen LogP contribution >= 0.6 is 0 Å². The van der Waals surface area contributed by atoms with Crippen molar-refractivity contribution in [3.63, 3.8) is 0 Å². The first-order valence-electron chi connectivity index (χ1n) is 6.24. The molecular formula is C13H25NO. The standard InChI is InChI=1S/C13H25NO/c1-10(2)12(9-14)13(15)11-7-5-3-4-6-8-11/h7,10,12-13,15H,3-6,8-9,14H2,1-2H3. The van der Waals surface area contributed by atoms with Gasteiger partial charge in [0.15, 0.2) is 0 Å².